The van der Waals surface area contributed by atoms with Crippen LogP contribution < -0.4 is 9.80 Å². The fraction of sp³-hybridized carbons (Fsp3) is 0.291. The zero-order valence-electron chi connectivity index (χ0n) is 73.7. The van der Waals surface area contributed by atoms with E-state index < -0.39 is 28.2 Å². The van der Waals surface area contributed by atoms with Gasteiger partial charge in [0.15, 0.2) is 23.8 Å². The number of allylic oxidation sites excluding steroid dienone is 12. The Morgan fingerprint density at radius 2 is 1.01 bits per heavy atom. The number of benzene rings is 11. The van der Waals surface area contributed by atoms with Crippen LogP contribution in [0.3, 0.4) is 0 Å². The number of carboxylic acid groups (broad SMARTS) is 2. The number of rotatable bonds is 39. The average Bonchev–Trinajstić information content (AvgIpc) is 1.54. The highest BCUT2D eigenvalue weighted by Gasteiger charge is 2.55. The molecule has 11 aromatic rings. The molecule has 0 radical (unpaired) electrons. The van der Waals surface area contributed by atoms with Crippen LogP contribution >= 0.6 is 0 Å². The Balaban J connectivity index is 0.000000209. The quantitative estimate of drug-likeness (QED) is 0.00536. The van der Waals surface area contributed by atoms with Crippen LogP contribution in [0.5, 0.6) is 0 Å². The van der Waals surface area contributed by atoms with Gasteiger partial charge in [-0.3, -0.25) is 38.9 Å². The van der Waals surface area contributed by atoms with Gasteiger partial charge in [0.2, 0.25) is 11.4 Å². The summed E-state index contributed by atoms with van der Waals surface area (Å²) in [7, 11) is 0. The number of hydrogen-bond acceptors (Lipinski definition) is 12. The van der Waals surface area contributed by atoms with E-state index in [1.54, 1.807) is 31.2 Å². The molecule has 0 bridgehead atoms. The van der Waals surface area contributed by atoms with Gasteiger partial charge in [-0.1, -0.05) is 258 Å². The summed E-state index contributed by atoms with van der Waals surface area (Å²) in [5, 5.41) is 40.6. The molecule has 11 aromatic carbocycles. The Morgan fingerprint density at radius 1 is 0.488 bits per heavy atom. The van der Waals surface area contributed by atoms with Crippen LogP contribution in [0.15, 0.2) is 297 Å². The Hall–Kier alpha value is -13.5. The number of anilines is 2. The van der Waals surface area contributed by atoms with Gasteiger partial charge in [0.1, 0.15) is 24.3 Å². The predicted molar refractivity (Wildman–Crippen MR) is 510 cm³/mol. The van der Waals surface area contributed by atoms with Gasteiger partial charge in [-0.2, -0.15) is 9.15 Å². The van der Waals surface area contributed by atoms with E-state index in [0.717, 1.165) is 153 Å². The maximum atomic E-state index is 14.5. The van der Waals surface area contributed by atoms with Crippen LogP contribution in [0.25, 0.3) is 54.2 Å². The monoisotopic (exact) mass is 1700 g/mol. The van der Waals surface area contributed by atoms with Crippen LogP contribution in [-0.4, -0.2) is 112 Å². The third-order valence-corrected chi connectivity index (χ3v) is 26.6. The molecule has 17 nitrogen and oxygen atoms in total. The van der Waals surface area contributed by atoms with E-state index in [4.69, 9.17) is 14.6 Å². The molecule has 0 fully saturated rings. The minimum absolute atomic E-state index is 0.0226. The molecule has 0 amide bonds. The van der Waals surface area contributed by atoms with Crippen LogP contribution in [0.1, 0.15) is 182 Å². The highest BCUT2D eigenvalue weighted by atomic mass is 16.6. The normalized spacial score (nSPS) is 18.3. The molecule has 4 aliphatic heterocycles. The summed E-state index contributed by atoms with van der Waals surface area (Å²) in [5.41, 5.74) is 13.9. The lowest BCUT2D eigenvalue weighted by molar-refractivity contribution is -0.440. The van der Waals surface area contributed by atoms with Crippen molar-refractivity contribution in [1.29, 1.82) is 0 Å². The Bertz CT molecular complexity index is 6260. The number of Topliss-reactive ketones (excluding diaryl/α,β-unsaturated/α-hetero) is 2. The number of ketones is 2. The molecule has 0 aromatic heterocycles. The second-order valence-corrected chi connectivity index (χ2v) is 34.4. The van der Waals surface area contributed by atoms with Crippen molar-refractivity contribution >= 4 is 119 Å². The lowest BCUT2D eigenvalue weighted by Gasteiger charge is -2.36. The van der Waals surface area contributed by atoms with E-state index in [0.29, 0.717) is 38.1 Å². The van der Waals surface area contributed by atoms with E-state index >= 15 is 0 Å². The molecule has 0 aliphatic carbocycles. The average molecular weight is 1700 g/mol. The highest BCUT2D eigenvalue weighted by molar-refractivity contribution is 6.19. The lowest BCUT2D eigenvalue weighted by atomic mass is 9.67. The molecule has 0 spiro atoms. The molecular formula is C110H113N5O12+2. The topological polar surface area (TPSA) is 217 Å². The Kier molecular flexibility index (Phi) is 28.4. The highest BCUT2D eigenvalue weighted by Crippen LogP contribution is 2.61. The summed E-state index contributed by atoms with van der Waals surface area (Å²) < 4.78 is 14.6. The predicted octanol–water partition coefficient (Wildman–Crippen LogP) is 24.1. The summed E-state index contributed by atoms with van der Waals surface area (Å²) in [6, 6.07) is 75.6. The van der Waals surface area contributed by atoms with Crippen molar-refractivity contribution in [3.63, 3.8) is 0 Å². The first kappa shape index (κ1) is 89.7. The van der Waals surface area contributed by atoms with Crippen molar-refractivity contribution in [3.8, 4) is 11.1 Å². The van der Waals surface area contributed by atoms with Gasteiger partial charge < -0.3 is 29.5 Å². The first-order valence-corrected chi connectivity index (χ1v) is 44.7. The largest absolute Gasteiger partial charge is 0.481 e. The summed E-state index contributed by atoms with van der Waals surface area (Å²) in [5.74, 6) is -1.86. The number of fused-ring (bicyclic) bond motifs is 14. The molecule has 4 aliphatic rings. The zero-order valence-corrected chi connectivity index (χ0v) is 73.7. The second kappa shape index (κ2) is 40.2. The van der Waals surface area contributed by atoms with Crippen LogP contribution in [0, 0.1) is 10.1 Å². The molecule has 4 atom stereocenters. The van der Waals surface area contributed by atoms with Gasteiger partial charge in [0.05, 0.1) is 34.7 Å². The summed E-state index contributed by atoms with van der Waals surface area (Å²) in [6.07, 6.45) is 30.1. The number of carboxylic acids is 2. The Labute approximate surface area is 743 Å². The van der Waals surface area contributed by atoms with E-state index in [1.807, 2.05) is 103 Å². The number of unbranched alkanes of at least 4 members (excludes halogenated alkanes) is 5. The van der Waals surface area contributed by atoms with Crippen LogP contribution in [0.4, 0.5) is 28.4 Å². The molecule has 2 N–H and O–H groups in total. The van der Waals surface area contributed by atoms with E-state index in [1.165, 1.54) is 38.5 Å². The van der Waals surface area contributed by atoms with Crippen molar-refractivity contribution in [1.82, 2.24) is 0 Å². The minimum Gasteiger partial charge on any atom is -0.481 e. The number of aliphatic carboxylic acids is 2. The zero-order chi connectivity index (χ0) is 89.4. The van der Waals surface area contributed by atoms with Crippen LogP contribution in [0.2, 0.25) is 0 Å². The maximum absolute atomic E-state index is 14.5. The third-order valence-electron chi connectivity index (χ3n) is 26.6. The molecule has 4 unspecified atom stereocenters. The molecule has 0 saturated carbocycles. The SMILES string of the molecule is CC(=O)CC1(CC(=O)c2ccccc2)C(C=CC=CC=C2N(CCC(=O)O)c3c(c4ccccc4c4ccccc34)C2(C)C(C)c2ccccc2)=[N+](CCOC=O)c2ccc(-c3ccccc3)cc21.CCCCC1(CC)C(=CC=CC=CC2=[N+](CCCCCC(=O)O)c3ccc([N+](=O)[O-])cc3C2(C)C)N(CCCCCOC=O)c2c1c1ccccc1c1ccccc21. The van der Waals surface area contributed by atoms with Crippen molar-refractivity contribution < 1.29 is 62.5 Å². The molecule has 15 rings (SSSR count). The standard InChI is InChI=1S/C61H54N2O6.C49H57N3O6/c1-42(65)39-61(40-54(66)46-24-12-6-13-25-46)52-38-47(45-22-10-5-11-23-45)32-33-53(52)62(36-37-69-41-64)56(61)31-15-7-14-30-55-60(3,43(2)44-20-8-4-9-21-44)58-50-28-18-16-26-48(50)49-27-17-19-29-51(49)59(58)63(55)35-34-57(67)68;1-5-7-30-49(6-2)44(51(32-19-10-20-33-58-35-53)47-40-24-17-15-22-38(40)37-21-14-16-23-39(37)46(47)49)26-12-8-11-25-43-48(3,4)41-34-36(52(56)57)28-29-42(41)50(43)31-18-9-13-27-45(54)55/h4-33,38,41,43H,34-37,39-40H2,1-3H3;8,11-12,14-17,21-26,28-29,34-35H,5-7,9-10,13,18-20,27,30-33H2,1-4H3/p+2. The lowest BCUT2D eigenvalue weighted by Crippen LogP contribution is -2.39. The van der Waals surface area contributed by atoms with Crippen molar-refractivity contribution in [3.05, 3.63) is 340 Å². The van der Waals surface area contributed by atoms with Gasteiger partial charge >= 0.3 is 11.9 Å². The summed E-state index contributed by atoms with van der Waals surface area (Å²) >= 11 is 0. The number of carbonyl (C=O) groups is 6. The molecule has 17 heteroatoms. The van der Waals surface area contributed by atoms with Crippen molar-refractivity contribution in [2.24, 2.45) is 0 Å². The number of non-ortho nitro benzene ring substituents is 1. The molecule has 648 valence electrons. The minimum atomic E-state index is -1.07. The number of hydrogen-bond donors (Lipinski definition) is 2. The Morgan fingerprint density at radius 3 is 1.61 bits per heavy atom. The van der Waals surface area contributed by atoms with Gasteiger partial charge in [0.25, 0.3) is 18.6 Å². The summed E-state index contributed by atoms with van der Waals surface area (Å²) in [6.45, 7) is 18.5. The fourth-order valence-corrected chi connectivity index (χ4v) is 20.5. The van der Waals surface area contributed by atoms with Gasteiger partial charge in [-0.25, -0.2) is 0 Å². The smallest absolute Gasteiger partial charge is 0.305 e. The first-order valence-electron chi connectivity index (χ1n) is 44.7. The second-order valence-electron chi connectivity index (χ2n) is 34.4. The van der Waals surface area contributed by atoms with E-state index in [9.17, 15) is 44.0 Å². The molecule has 0 saturated heterocycles. The number of nitro benzene ring substituents is 1. The number of nitro groups is 1. The third kappa shape index (κ3) is 18.2. The van der Waals surface area contributed by atoms with Gasteiger partial charge in [0, 0.05) is 125 Å². The molecule has 4 heterocycles. The molecule has 127 heavy (non-hydrogen) atoms. The van der Waals surface area contributed by atoms with Gasteiger partial charge in [-0.15, -0.1) is 0 Å². The van der Waals surface area contributed by atoms with Crippen molar-refractivity contribution in [2.45, 2.75) is 166 Å². The number of carbonyl (C=O) groups excluding carboxylic acids is 4. The number of nitrogens with zero attached hydrogens (tertiary/aromatic N) is 5. The fourth-order valence-electron chi connectivity index (χ4n) is 20.5. The van der Waals surface area contributed by atoms with E-state index in [2.05, 4.69) is 218 Å². The van der Waals surface area contributed by atoms with Crippen LogP contribution in [-0.2, 0) is 55.1 Å². The van der Waals surface area contributed by atoms with Gasteiger partial charge in [-0.05, 0) is 163 Å². The molecular weight excluding hydrogens is 1580 g/mol. The number of ether oxygens (including phenoxy) is 2. The van der Waals surface area contributed by atoms with Crippen molar-refractivity contribution in [2.75, 3.05) is 49.2 Å². The maximum Gasteiger partial charge on any atom is 0.305 e. The summed E-state index contributed by atoms with van der Waals surface area (Å²) in [4.78, 5) is 90.2. The van der Waals surface area contributed by atoms with E-state index in [-0.39, 0.29) is 78.9 Å². The first-order chi connectivity index (χ1) is 61.7.